The summed E-state index contributed by atoms with van der Waals surface area (Å²) < 4.78 is 5.20. The zero-order chi connectivity index (χ0) is 13.1. The van der Waals surface area contributed by atoms with Crippen LogP contribution in [0.2, 0.25) is 0 Å². The summed E-state index contributed by atoms with van der Waals surface area (Å²) in [5.74, 6) is 0.967. The van der Waals surface area contributed by atoms with Crippen LogP contribution in [0.4, 0.5) is 0 Å². The van der Waals surface area contributed by atoms with Gasteiger partial charge in [0.15, 0.2) is 0 Å². The molecule has 0 heterocycles. The number of carbonyl (C=O) groups excluding carboxylic acids is 1. The highest BCUT2D eigenvalue weighted by atomic mass is 16.5. The van der Waals surface area contributed by atoms with Crippen molar-refractivity contribution in [3.63, 3.8) is 0 Å². The fraction of sp³-hybridized carbons (Fsp3) is 0.875. The molecule has 1 aliphatic carbocycles. The predicted molar refractivity (Wildman–Crippen MR) is 75.2 cm³/mol. The summed E-state index contributed by atoms with van der Waals surface area (Å²) in [7, 11) is 0. The Hall–Kier alpha value is -0.530. The SMILES string of the molecule is [CH2]CCCCC(=O)OCCCCCC1CCCC1. The molecule has 0 saturated heterocycles. The molecule has 1 saturated carbocycles. The van der Waals surface area contributed by atoms with Crippen LogP contribution in [0, 0.1) is 12.8 Å². The molecule has 0 atom stereocenters. The van der Waals surface area contributed by atoms with Gasteiger partial charge < -0.3 is 4.74 Å². The van der Waals surface area contributed by atoms with Crippen molar-refractivity contribution in [1.82, 2.24) is 0 Å². The van der Waals surface area contributed by atoms with Crippen LogP contribution in [-0.2, 0) is 9.53 Å². The standard InChI is InChI=1S/C16H29O2/c1-2-3-5-13-16(17)18-14-9-4-6-10-15-11-7-8-12-15/h15H,1-14H2. The molecular weight excluding hydrogens is 224 g/mol. The predicted octanol–water partition coefficient (Wildman–Crippen LogP) is 4.67. The Bertz CT molecular complexity index is 207. The fourth-order valence-electron chi connectivity index (χ4n) is 2.72. The molecule has 1 fully saturated rings. The molecule has 0 aliphatic heterocycles. The van der Waals surface area contributed by atoms with Gasteiger partial charge in [-0.25, -0.2) is 0 Å². The largest absolute Gasteiger partial charge is 0.466 e. The Labute approximate surface area is 112 Å². The lowest BCUT2D eigenvalue weighted by Gasteiger charge is -2.08. The quantitative estimate of drug-likeness (QED) is 0.417. The molecule has 0 aromatic rings. The number of rotatable bonds is 10. The number of ether oxygens (including phenoxy) is 1. The van der Waals surface area contributed by atoms with Crippen LogP contribution in [0.15, 0.2) is 0 Å². The van der Waals surface area contributed by atoms with E-state index in [0.717, 1.165) is 31.6 Å². The van der Waals surface area contributed by atoms with Gasteiger partial charge in [0, 0.05) is 6.42 Å². The number of hydrogen-bond donors (Lipinski definition) is 0. The van der Waals surface area contributed by atoms with Crippen molar-refractivity contribution in [2.75, 3.05) is 6.61 Å². The molecule has 0 bridgehead atoms. The van der Waals surface area contributed by atoms with Gasteiger partial charge in [-0.3, -0.25) is 4.79 Å². The van der Waals surface area contributed by atoms with E-state index < -0.39 is 0 Å². The zero-order valence-corrected chi connectivity index (χ0v) is 11.8. The molecule has 2 heteroatoms. The third kappa shape index (κ3) is 7.73. The molecule has 1 aliphatic rings. The van der Waals surface area contributed by atoms with E-state index in [2.05, 4.69) is 6.92 Å². The van der Waals surface area contributed by atoms with Crippen molar-refractivity contribution in [3.05, 3.63) is 6.92 Å². The summed E-state index contributed by atoms with van der Waals surface area (Å²) in [5, 5.41) is 0. The van der Waals surface area contributed by atoms with Crippen molar-refractivity contribution in [2.45, 2.75) is 77.0 Å². The van der Waals surface area contributed by atoms with E-state index in [0.29, 0.717) is 13.0 Å². The average Bonchev–Trinajstić information content (AvgIpc) is 2.87. The van der Waals surface area contributed by atoms with Crippen LogP contribution in [0.25, 0.3) is 0 Å². The number of esters is 1. The van der Waals surface area contributed by atoms with Gasteiger partial charge in [-0.15, -0.1) is 0 Å². The summed E-state index contributed by atoms with van der Waals surface area (Å²) in [6, 6.07) is 0. The Morgan fingerprint density at radius 2 is 1.83 bits per heavy atom. The van der Waals surface area contributed by atoms with E-state index in [4.69, 9.17) is 4.74 Å². The normalized spacial score (nSPS) is 16.1. The molecular formula is C16H29O2. The minimum absolute atomic E-state index is 0.0285. The first-order valence-corrected chi connectivity index (χ1v) is 7.78. The molecule has 105 valence electrons. The maximum Gasteiger partial charge on any atom is 0.305 e. The van der Waals surface area contributed by atoms with Crippen LogP contribution in [0.3, 0.4) is 0 Å². The second-order valence-electron chi connectivity index (χ2n) is 5.53. The third-order valence-corrected chi connectivity index (χ3v) is 3.88. The highest BCUT2D eigenvalue weighted by molar-refractivity contribution is 5.69. The Balaban J connectivity index is 1.81. The van der Waals surface area contributed by atoms with E-state index in [9.17, 15) is 4.79 Å². The lowest BCUT2D eigenvalue weighted by molar-refractivity contribution is -0.143. The van der Waals surface area contributed by atoms with Gasteiger partial charge in [0.1, 0.15) is 0 Å². The number of unbranched alkanes of at least 4 members (excludes halogenated alkanes) is 4. The highest BCUT2D eigenvalue weighted by Gasteiger charge is 2.13. The number of hydrogen-bond acceptors (Lipinski definition) is 2. The summed E-state index contributed by atoms with van der Waals surface area (Å²) in [6.45, 7) is 4.38. The van der Waals surface area contributed by atoms with Crippen LogP contribution in [-0.4, -0.2) is 12.6 Å². The van der Waals surface area contributed by atoms with Crippen LogP contribution in [0.1, 0.15) is 77.0 Å². The smallest absolute Gasteiger partial charge is 0.305 e. The van der Waals surface area contributed by atoms with Crippen LogP contribution in [0.5, 0.6) is 0 Å². The fourth-order valence-corrected chi connectivity index (χ4v) is 2.72. The minimum Gasteiger partial charge on any atom is -0.466 e. The van der Waals surface area contributed by atoms with E-state index in [1.165, 1.54) is 44.9 Å². The molecule has 0 spiro atoms. The molecule has 0 aromatic heterocycles. The average molecular weight is 253 g/mol. The molecule has 0 amide bonds. The Morgan fingerprint density at radius 1 is 1.06 bits per heavy atom. The zero-order valence-electron chi connectivity index (χ0n) is 11.8. The van der Waals surface area contributed by atoms with Gasteiger partial charge in [0.25, 0.3) is 0 Å². The molecule has 0 aromatic carbocycles. The molecule has 1 rings (SSSR count). The maximum absolute atomic E-state index is 11.3. The topological polar surface area (TPSA) is 26.3 Å². The Morgan fingerprint density at radius 3 is 2.56 bits per heavy atom. The monoisotopic (exact) mass is 253 g/mol. The summed E-state index contributed by atoms with van der Waals surface area (Å²) >= 11 is 0. The summed E-state index contributed by atoms with van der Waals surface area (Å²) in [4.78, 5) is 11.3. The van der Waals surface area contributed by atoms with Crippen molar-refractivity contribution in [3.8, 4) is 0 Å². The van der Waals surface area contributed by atoms with Crippen LogP contribution >= 0.6 is 0 Å². The van der Waals surface area contributed by atoms with E-state index in [1.807, 2.05) is 0 Å². The van der Waals surface area contributed by atoms with Crippen molar-refractivity contribution in [2.24, 2.45) is 5.92 Å². The lowest BCUT2D eigenvalue weighted by Crippen LogP contribution is -2.05. The third-order valence-electron chi connectivity index (χ3n) is 3.88. The first kappa shape index (κ1) is 15.5. The van der Waals surface area contributed by atoms with Gasteiger partial charge in [-0.1, -0.05) is 64.7 Å². The minimum atomic E-state index is -0.0285. The van der Waals surface area contributed by atoms with Gasteiger partial charge in [-0.2, -0.15) is 0 Å². The van der Waals surface area contributed by atoms with Crippen molar-refractivity contribution < 1.29 is 9.53 Å². The summed E-state index contributed by atoms with van der Waals surface area (Å²) in [5.41, 5.74) is 0. The molecule has 0 N–H and O–H groups in total. The van der Waals surface area contributed by atoms with Crippen molar-refractivity contribution in [1.29, 1.82) is 0 Å². The lowest BCUT2D eigenvalue weighted by atomic mass is 10.0. The second kappa shape index (κ2) is 10.4. The van der Waals surface area contributed by atoms with E-state index >= 15 is 0 Å². The first-order valence-electron chi connectivity index (χ1n) is 7.78. The summed E-state index contributed by atoms with van der Waals surface area (Å²) in [6.07, 6.45) is 14.1. The van der Waals surface area contributed by atoms with Crippen molar-refractivity contribution >= 4 is 5.97 Å². The van der Waals surface area contributed by atoms with E-state index in [-0.39, 0.29) is 5.97 Å². The highest BCUT2D eigenvalue weighted by Crippen LogP contribution is 2.29. The molecule has 1 radical (unpaired) electrons. The second-order valence-corrected chi connectivity index (χ2v) is 5.53. The van der Waals surface area contributed by atoms with Gasteiger partial charge in [-0.05, 0) is 18.8 Å². The Kier molecular flexibility index (Phi) is 8.97. The first-order chi connectivity index (χ1) is 8.83. The van der Waals surface area contributed by atoms with Gasteiger partial charge >= 0.3 is 5.97 Å². The molecule has 2 nitrogen and oxygen atoms in total. The molecule has 0 unspecified atom stereocenters. The van der Waals surface area contributed by atoms with Gasteiger partial charge in [0.05, 0.1) is 6.61 Å². The van der Waals surface area contributed by atoms with E-state index in [1.54, 1.807) is 0 Å². The van der Waals surface area contributed by atoms with Crippen LogP contribution < -0.4 is 0 Å². The van der Waals surface area contributed by atoms with Gasteiger partial charge in [0.2, 0.25) is 0 Å². The maximum atomic E-state index is 11.3. The number of carbonyl (C=O) groups is 1. The molecule has 18 heavy (non-hydrogen) atoms.